The summed E-state index contributed by atoms with van der Waals surface area (Å²) in [7, 11) is 0. The van der Waals surface area contributed by atoms with Crippen LogP contribution in [0.5, 0.6) is 0 Å². The number of hydrogen-bond donors (Lipinski definition) is 1. The van der Waals surface area contributed by atoms with E-state index in [0.717, 1.165) is 20.1 Å². The maximum Gasteiger partial charge on any atom is 0.737 e. The molecule has 2 aromatic carbocycles. The first-order valence-electron chi connectivity index (χ1n) is 11.9. The fourth-order valence-corrected chi connectivity index (χ4v) is 5.03. The Morgan fingerprint density at radius 2 is 1.74 bits per heavy atom. The molecule has 38 heavy (non-hydrogen) atoms. The molecule has 7 nitrogen and oxygen atoms in total. The van der Waals surface area contributed by atoms with E-state index in [1.165, 1.54) is 18.3 Å². The maximum absolute atomic E-state index is 15.9. The summed E-state index contributed by atoms with van der Waals surface area (Å²) in [6.07, 6.45) is 7.98. The summed E-state index contributed by atoms with van der Waals surface area (Å²) < 4.78 is 39.9. The molecule has 2 aliphatic heterocycles. The largest absolute Gasteiger partial charge is 0.737 e. The van der Waals surface area contributed by atoms with E-state index >= 15 is 8.63 Å². The van der Waals surface area contributed by atoms with E-state index in [2.05, 4.69) is 0 Å². The Morgan fingerprint density at radius 3 is 2.45 bits per heavy atom. The second-order valence-corrected chi connectivity index (χ2v) is 9.20. The van der Waals surface area contributed by atoms with E-state index in [0.29, 0.717) is 45.4 Å². The molecule has 0 radical (unpaired) electrons. The topological polar surface area (TPSA) is 90.2 Å². The number of nitrogens with two attached hydrogens (primary N) is 1. The van der Waals surface area contributed by atoms with Gasteiger partial charge in [-0.1, -0.05) is 12.1 Å². The van der Waals surface area contributed by atoms with Crippen molar-refractivity contribution in [3.05, 3.63) is 123 Å². The van der Waals surface area contributed by atoms with E-state index in [1.807, 2.05) is 19.1 Å². The average Bonchev–Trinajstić information content (AvgIpc) is 3.64. The normalized spacial score (nSPS) is 15.6. The number of nitro groups is 1. The number of furan rings is 1. The first-order valence-corrected chi connectivity index (χ1v) is 11.9. The Morgan fingerprint density at radius 1 is 1.03 bits per heavy atom. The van der Waals surface area contributed by atoms with Crippen LogP contribution in [-0.2, 0) is 0 Å². The van der Waals surface area contributed by atoms with Crippen LogP contribution in [0.1, 0.15) is 28.3 Å². The van der Waals surface area contributed by atoms with Gasteiger partial charge in [-0.15, -0.1) is 0 Å². The van der Waals surface area contributed by atoms with E-state index in [-0.39, 0.29) is 5.69 Å². The third-order valence-electron chi connectivity index (χ3n) is 6.78. The van der Waals surface area contributed by atoms with Crippen LogP contribution in [0.3, 0.4) is 0 Å². The van der Waals surface area contributed by atoms with Gasteiger partial charge in [0.15, 0.2) is 5.70 Å². The Bertz CT molecular complexity index is 1730. The van der Waals surface area contributed by atoms with Crippen LogP contribution >= 0.6 is 0 Å². The lowest BCUT2D eigenvalue weighted by Crippen LogP contribution is -2.50. The number of aryl methyl sites for hydroxylation is 1. The van der Waals surface area contributed by atoms with E-state index < -0.39 is 11.9 Å². The van der Waals surface area contributed by atoms with Gasteiger partial charge < -0.3 is 27.7 Å². The summed E-state index contributed by atoms with van der Waals surface area (Å²) in [5, 5.41) is 10.9. The molecule has 2 aromatic heterocycles. The molecule has 0 spiro atoms. The Labute approximate surface area is 216 Å². The first kappa shape index (κ1) is 23.4. The monoisotopic (exact) mass is 510 g/mol. The summed E-state index contributed by atoms with van der Waals surface area (Å²) in [6.45, 7) is -2.33. The number of non-ortho nitro benzene ring substituents is 1. The lowest BCUT2D eigenvalue weighted by molar-refractivity contribution is -0.384. The van der Waals surface area contributed by atoms with Crippen LogP contribution in [0.2, 0.25) is 0 Å². The van der Waals surface area contributed by atoms with Gasteiger partial charge in [0.05, 0.1) is 10.5 Å². The third kappa shape index (κ3) is 3.69. The highest BCUT2D eigenvalue weighted by molar-refractivity contribution is 6.58. The quantitative estimate of drug-likeness (QED) is 0.146. The van der Waals surface area contributed by atoms with Crippen LogP contribution in [0.15, 0.2) is 89.0 Å². The number of nitrogen functional groups attached to an aromatic ring is 1. The van der Waals surface area contributed by atoms with Crippen LogP contribution in [0, 0.1) is 17.0 Å². The second-order valence-electron chi connectivity index (χ2n) is 9.20. The van der Waals surface area contributed by atoms with Gasteiger partial charge in [-0.2, -0.15) is 0 Å². The molecule has 4 heterocycles. The smallest absolute Gasteiger partial charge is 0.457 e. The fraction of sp³-hybridized carbons (Fsp3) is 0.0357. The molecule has 0 saturated carbocycles. The SMILES string of the molecule is Cc1cc(/C=C/c2ccc(-c3ccc([N+](=O)[O-])cc3)o2)n2c1C(c1ccc(N)cc1)=C1C=CC=[N+]1[B-]2(F)F. The molecule has 188 valence electrons. The zero-order valence-corrected chi connectivity index (χ0v) is 20.2. The Kier molecular flexibility index (Phi) is 5.27. The van der Waals surface area contributed by atoms with Crippen molar-refractivity contribution < 1.29 is 22.5 Å². The number of hydrogen-bond acceptors (Lipinski definition) is 4. The second kappa shape index (κ2) is 8.55. The minimum Gasteiger partial charge on any atom is -0.457 e. The van der Waals surface area contributed by atoms with Crippen molar-refractivity contribution in [2.45, 2.75) is 6.92 Å². The average molecular weight is 510 g/mol. The summed E-state index contributed by atoms with van der Waals surface area (Å²) in [4.78, 5) is 10.4. The molecule has 0 amide bonds. The van der Waals surface area contributed by atoms with Crippen LogP contribution in [-0.4, -0.2) is 27.1 Å². The molecule has 4 aromatic rings. The van der Waals surface area contributed by atoms with Gasteiger partial charge in [-0.25, -0.2) is 0 Å². The number of aromatic nitrogens is 1. The van der Waals surface area contributed by atoms with Crippen molar-refractivity contribution in [3.8, 4) is 11.3 Å². The van der Waals surface area contributed by atoms with Crippen molar-refractivity contribution >= 4 is 42.3 Å². The van der Waals surface area contributed by atoms with Gasteiger partial charge in [0.2, 0.25) is 0 Å². The standard InChI is InChI=1S/C28H21BF2N4O3/c1-18-17-23(12-13-24-14-15-26(38-24)19-6-10-22(11-7-19)35(36)37)34-28(18)27(20-4-8-21(32)9-5-20)25-3-2-16-33(25)29(34,30)31/h2-17H,32H2,1H3/b13-12+. The summed E-state index contributed by atoms with van der Waals surface area (Å²) in [6, 6.07) is 18.4. The van der Waals surface area contributed by atoms with Crippen molar-refractivity contribution in [2.24, 2.45) is 0 Å². The van der Waals surface area contributed by atoms with Gasteiger partial charge >= 0.3 is 6.97 Å². The number of allylic oxidation sites excluding steroid dienone is 2. The predicted octanol–water partition coefficient (Wildman–Crippen LogP) is 6.37. The van der Waals surface area contributed by atoms with Gasteiger partial charge in [0.25, 0.3) is 5.69 Å². The molecular formula is C28H21BF2N4O3. The number of rotatable bonds is 5. The molecule has 0 fully saturated rings. The van der Waals surface area contributed by atoms with Crippen molar-refractivity contribution in [2.75, 3.05) is 5.73 Å². The van der Waals surface area contributed by atoms with Gasteiger partial charge in [-0.05, 0) is 72.7 Å². The number of halogens is 2. The van der Waals surface area contributed by atoms with Crippen molar-refractivity contribution in [3.63, 3.8) is 0 Å². The summed E-state index contributed by atoms with van der Waals surface area (Å²) >= 11 is 0. The van der Waals surface area contributed by atoms with Crippen molar-refractivity contribution in [1.82, 2.24) is 4.48 Å². The molecule has 0 bridgehead atoms. The molecule has 2 aliphatic rings. The summed E-state index contributed by atoms with van der Waals surface area (Å²) in [5.41, 5.74) is 10.6. The first-order chi connectivity index (χ1) is 18.2. The molecule has 6 rings (SSSR count). The molecule has 10 heteroatoms. The molecule has 2 N–H and O–H groups in total. The molecular weight excluding hydrogens is 489 g/mol. The zero-order valence-electron chi connectivity index (χ0n) is 20.2. The zero-order chi connectivity index (χ0) is 26.6. The van der Waals surface area contributed by atoms with E-state index in [1.54, 1.807) is 66.8 Å². The number of nitrogens with zero attached hydrogens (tertiary/aromatic N) is 3. The Hall–Kier alpha value is -4.99. The number of fused-ring (bicyclic) bond motifs is 2. The minimum absolute atomic E-state index is 0.0161. The Balaban J connectivity index is 1.40. The number of benzene rings is 2. The summed E-state index contributed by atoms with van der Waals surface area (Å²) in [5.74, 6) is 0.973. The molecule has 0 saturated heterocycles. The van der Waals surface area contributed by atoms with Crippen LogP contribution in [0.4, 0.5) is 20.0 Å². The van der Waals surface area contributed by atoms with E-state index in [4.69, 9.17) is 10.2 Å². The van der Waals surface area contributed by atoms with Gasteiger partial charge in [-0.3, -0.25) is 10.1 Å². The number of nitro benzene ring substituents is 1. The van der Waals surface area contributed by atoms with Gasteiger partial charge in [0.1, 0.15) is 17.7 Å². The third-order valence-corrected chi connectivity index (χ3v) is 6.78. The highest BCUT2D eigenvalue weighted by atomic mass is 19.2. The highest BCUT2D eigenvalue weighted by Crippen LogP contribution is 2.42. The fourth-order valence-electron chi connectivity index (χ4n) is 5.03. The molecule has 0 aliphatic carbocycles. The van der Waals surface area contributed by atoms with Gasteiger partial charge in [0, 0.05) is 46.9 Å². The lowest BCUT2D eigenvalue weighted by Gasteiger charge is -2.32. The van der Waals surface area contributed by atoms with Crippen LogP contribution in [0.25, 0.3) is 29.0 Å². The van der Waals surface area contributed by atoms with Crippen LogP contribution < -0.4 is 5.73 Å². The predicted molar refractivity (Wildman–Crippen MR) is 145 cm³/mol. The highest BCUT2D eigenvalue weighted by Gasteiger charge is 2.53. The molecule has 0 atom stereocenters. The molecule has 0 unspecified atom stereocenters. The minimum atomic E-state index is -4.15. The lowest BCUT2D eigenvalue weighted by atomic mass is 9.85. The number of anilines is 1. The van der Waals surface area contributed by atoms with E-state index in [9.17, 15) is 10.1 Å². The van der Waals surface area contributed by atoms with Crippen molar-refractivity contribution in [1.29, 1.82) is 0 Å². The maximum atomic E-state index is 15.9.